The van der Waals surface area contributed by atoms with Crippen LogP contribution in [0.1, 0.15) is 40.5 Å². The Bertz CT molecular complexity index is 205. The number of ketones is 1. The average Bonchev–Trinajstić information content (AvgIpc) is 2.45. The SMILES string of the molecule is CC1CCN(CCC(=O)C(C)(C)C)C1. The van der Waals surface area contributed by atoms with Crippen LogP contribution in [0.5, 0.6) is 0 Å². The highest BCUT2D eigenvalue weighted by Gasteiger charge is 2.23. The molecule has 0 spiro atoms. The van der Waals surface area contributed by atoms with Crippen molar-refractivity contribution in [3.63, 3.8) is 0 Å². The average molecular weight is 197 g/mol. The fourth-order valence-corrected chi connectivity index (χ4v) is 1.86. The van der Waals surface area contributed by atoms with Gasteiger partial charge in [0.25, 0.3) is 0 Å². The Kier molecular flexibility index (Phi) is 3.71. The Hall–Kier alpha value is -0.370. The maximum Gasteiger partial charge on any atom is 0.139 e. The molecule has 1 saturated heterocycles. The van der Waals surface area contributed by atoms with E-state index in [1.165, 1.54) is 19.5 Å². The largest absolute Gasteiger partial charge is 0.303 e. The molecule has 0 N–H and O–H groups in total. The van der Waals surface area contributed by atoms with Crippen molar-refractivity contribution in [2.24, 2.45) is 11.3 Å². The van der Waals surface area contributed by atoms with Crippen molar-refractivity contribution in [2.75, 3.05) is 19.6 Å². The number of carbonyl (C=O) groups is 1. The third-order valence-electron chi connectivity index (χ3n) is 3.00. The highest BCUT2D eigenvalue weighted by Crippen LogP contribution is 2.19. The molecule has 0 aromatic carbocycles. The van der Waals surface area contributed by atoms with Gasteiger partial charge in [0.05, 0.1) is 0 Å². The highest BCUT2D eigenvalue weighted by atomic mass is 16.1. The zero-order valence-corrected chi connectivity index (χ0v) is 9.97. The minimum Gasteiger partial charge on any atom is -0.303 e. The maximum atomic E-state index is 11.7. The second-order valence-electron chi connectivity index (χ2n) is 5.62. The maximum absolute atomic E-state index is 11.7. The Labute approximate surface area is 87.7 Å². The summed E-state index contributed by atoms with van der Waals surface area (Å²) in [6.07, 6.45) is 2.01. The molecule has 0 aliphatic carbocycles. The molecule has 1 rings (SSSR count). The molecule has 1 unspecified atom stereocenters. The van der Waals surface area contributed by atoms with Crippen LogP contribution in [0.4, 0.5) is 0 Å². The molecule has 1 heterocycles. The molecule has 2 nitrogen and oxygen atoms in total. The van der Waals surface area contributed by atoms with Gasteiger partial charge < -0.3 is 4.90 Å². The minimum atomic E-state index is -0.161. The van der Waals surface area contributed by atoms with E-state index in [1.54, 1.807) is 0 Å². The molecule has 1 aliphatic heterocycles. The molecular formula is C12H23NO. The van der Waals surface area contributed by atoms with E-state index in [0.717, 1.165) is 18.9 Å². The number of Topliss-reactive ketones (excluding diaryl/α,β-unsaturated/α-hetero) is 1. The first-order chi connectivity index (χ1) is 6.39. The van der Waals surface area contributed by atoms with Crippen LogP contribution >= 0.6 is 0 Å². The Morgan fingerprint density at radius 2 is 2.07 bits per heavy atom. The number of carbonyl (C=O) groups excluding carboxylic acids is 1. The van der Waals surface area contributed by atoms with Crippen LogP contribution in [0.3, 0.4) is 0 Å². The van der Waals surface area contributed by atoms with E-state index < -0.39 is 0 Å². The first-order valence-electron chi connectivity index (χ1n) is 5.65. The molecule has 0 saturated carbocycles. The molecule has 1 aliphatic rings. The molecular weight excluding hydrogens is 174 g/mol. The van der Waals surface area contributed by atoms with Crippen LogP contribution in [-0.4, -0.2) is 30.3 Å². The fraction of sp³-hybridized carbons (Fsp3) is 0.917. The van der Waals surface area contributed by atoms with Crippen LogP contribution in [-0.2, 0) is 4.79 Å². The van der Waals surface area contributed by atoms with Gasteiger partial charge in [-0.2, -0.15) is 0 Å². The number of hydrogen-bond acceptors (Lipinski definition) is 2. The first kappa shape index (κ1) is 11.7. The van der Waals surface area contributed by atoms with Crippen LogP contribution < -0.4 is 0 Å². The molecule has 0 aromatic rings. The van der Waals surface area contributed by atoms with E-state index in [9.17, 15) is 4.79 Å². The van der Waals surface area contributed by atoms with Crippen molar-refractivity contribution in [1.82, 2.24) is 4.90 Å². The lowest BCUT2D eigenvalue weighted by atomic mass is 9.89. The summed E-state index contributed by atoms with van der Waals surface area (Å²) in [4.78, 5) is 14.1. The van der Waals surface area contributed by atoms with Gasteiger partial charge in [-0.1, -0.05) is 27.7 Å². The summed E-state index contributed by atoms with van der Waals surface area (Å²) < 4.78 is 0. The number of rotatable bonds is 3. The lowest BCUT2D eigenvalue weighted by Gasteiger charge is -2.20. The number of hydrogen-bond donors (Lipinski definition) is 0. The van der Waals surface area contributed by atoms with Gasteiger partial charge in [0.15, 0.2) is 0 Å². The zero-order valence-electron chi connectivity index (χ0n) is 9.97. The normalized spacial score (nSPS) is 24.1. The molecule has 0 aromatic heterocycles. The van der Waals surface area contributed by atoms with Crippen LogP contribution in [0.25, 0.3) is 0 Å². The predicted molar refractivity (Wildman–Crippen MR) is 59.3 cm³/mol. The number of nitrogens with zero attached hydrogens (tertiary/aromatic N) is 1. The zero-order chi connectivity index (χ0) is 10.8. The van der Waals surface area contributed by atoms with Gasteiger partial charge in [-0.15, -0.1) is 0 Å². The monoisotopic (exact) mass is 197 g/mol. The summed E-state index contributed by atoms with van der Waals surface area (Å²) in [5, 5.41) is 0. The summed E-state index contributed by atoms with van der Waals surface area (Å²) in [5.74, 6) is 1.21. The van der Waals surface area contributed by atoms with Crippen LogP contribution in [0.2, 0.25) is 0 Å². The van der Waals surface area contributed by atoms with Crippen molar-refractivity contribution in [2.45, 2.75) is 40.5 Å². The van der Waals surface area contributed by atoms with E-state index >= 15 is 0 Å². The van der Waals surface area contributed by atoms with Crippen molar-refractivity contribution in [1.29, 1.82) is 0 Å². The second kappa shape index (κ2) is 4.43. The van der Waals surface area contributed by atoms with Crippen molar-refractivity contribution in [3.8, 4) is 0 Å². The van der Waals surface area contributed by atoms with Gasteiger partial charge >= 0.3 is 0 Å². The lowest BCUT2D eigenvalue weighted by molar-refractivity contribution is -0.126. The Balaban J connectivity index is 2.24. The van der Waals surface area contributed by atoms with Crippen molar-refractivity contribution >= 4 is 5.78 Å². The molecule has 0 radical (unpaired) electrons. The van der Waals surface area contributed by atoms with Gasteiger partial charge in [-0.3, -0.25) is 4.79 Å². The molecule has 82 valence electrons. The summed E-state index contributed by atoms with van der Waals surface area (Å²) in [7, 11) is 0. The minimum absolute atomic E-state index is 0.161. The van der Waals surface area contributed by atoms with Gasteiger partial charge in [0, 0.05) is 24.9 Å². The summed E-state index contributed by atoms with van der Waals surface area (Å²) in [6, 6.07) is 0. The Morgan fingerprint density at radius 3 is 2.50 bits per heavy atom. The van der Waals surface area contributed by atoms with Crippen molar-refractivity contribution in [3.05, 3.63) is 0 Å². The first-order valence-corrected chi connectivity index (χ1v) is 5.65. The van der Waals surface area contributed by atoms with Gasteiger partial charge in [-0.05, 0) is 18.9 Å². The predicted octanol–water partition coefficient (Wildman–Crippen LogP) is 2.33. The molecule has 0 bridgehead atoms. The third-order valence-corrected chi connectivity index (χ3v) is 3.00. The van der Waals surface area contributed by atoms with Gasteiger partial charge in [0.1, 0.15) is 5.78 Å². The molecule has 0 amide bonds. The molecule has 2 heteroatoms. The summed E-state index contributed by atoms with van der Waals surface area (Å²) >= 11 is 0. The standard InChI is InChI=1S/C12H23NO/c1-10-5-7-13(9-10)8-6-11(14)12(2,3)4/h10H,5-9H2,1-4H3. The third kappa shape index (κ3) is 3.41. The second-order valence-corrected chi connectivity index (χ2v) is 5.62. The van der Waals surface area contributed by atoms with E-state index in [4.69, 9.17) is 0 Å². The van der Waals surface area contributed by atoms with Gasteiger partial charge in [0.2, 0.25) is 0 Å². The van der Waals surface area contributed by atoms with Crippen LogP contribution in [0.15, 0.2) is 0 Å². The topological polar surface area (TPSA) is 20.3 Å². The lowest BCUT2D eigenvalue weighted by Crippen LogP contribution is -2.28. The molecule has 1 fully saturated rings. The van der Waals surface area contributed by atoms with E-state index in [-0.39, 0.29) is 5.41 Å². The van der Waals surface area contributed by atoms with E-state index in [0.29, 0.717) is 5.78 Å². The van der Waals surface area contributed by atoms with Crippen LogP contribution in [0, 0.1) is 11.3 Å². The van der Waals surface area contributed by atoms with E-state index in [2.05, 4.69) is 11.8 Å². The fourth-order valence-electron chi connectivity index (χ4n) is 1.86. The number of likely N-dealkylation sites (tertiary alicyclic amines) is 1. The summed E-state index contributed by atoms with van der Waals surface area (Å²) in [5.41, 5.74) is -0.161. The van der Waals surface area contributed by atoms with Crippen molar-refractivity contribution < 1.29 is 4.79 Å². The van der Waals surface area contributed by atoms with E-state index in [1.807, 2.05) is 20.8 Å². The Morgan fingerprint density at radius 1 is 1.43 bits per heavy atom. The van der Waals surface area contributed by atoms with Gasteiger partial charge in [-0.25, -0.2) is 0 Å². The smallest absolute Gasteiger partial charge is 0.139 e. The quantitative estimate of drug-likeness (QED) is 0.692. The molecule has 14 heavy (non-hydrogen) atoms. The summed E-state index contributed by atoms with van der Waals surface area (Å²) in [6.45, 7) is 11.6. The highest BCUT2D eigenvalue weighted by molar-refractivity contribution is 5.83. The molecule has 1 atom stereocenters.